The van der Waals surface area contributed by atoms with Crippen LogP contribution in [0, 0.1) is 0 Å². The smallest absolute Gasteiger partial charge is 0.303 e. The summed E-state index contributed by atoms with van der Waals surface area (Å²) in [5, 5.41) is 9.58. The maximum absolute atomic E-state index is 10.7. The normalized spacial score (nSPS) is 16.8. The molecule has 0 bridgehead atoms. The largest absolute Gasteiger partial charge is 0.481 e. The average molecular weight is 415 g/mol. The fourth-order valence-electron chi connectivity index (χ4n) is 3.76. The zero-order chi connectivity index (χ0) is 19.5. The number of hydrogen-bond acceptors (Lipinski definition) is 4. The summed E-state index contributed by atoms with van der Waals surface area (Å²) in [5.74, 6) is -0.714. The number of halogens is 1. The summed E-state index contributed by atoms with van der Waals surface area (Å²) in [6.45, 7) is 4.63. The van der Waals surface area contributed by atoms with E-state index >= 15 is 0 Å². The summed E-state index contributed by atoms with van der Waals surface area (Å²) in [6, 6.07) is 14.6. The number of carboxylic acid groups (broad SMARTS) is 1. The minimum absolute atomic E-state index is 0.244. The van der Waals surface area contributed by atoms with Gasteiger partial charge in [0.15, 0.2) is 0 Å². The van der Waals surface area contributed by atoms with Crippen LogP contribution in [0.3, 0.4) is 0 Å². The molecule has 0 radical (unpaired) electrons. The SMILES string of the molecule is O=C(O)CCCN1CCN(C2=Cc3cc(Cl)ccc3Sc3ccccc32)CC1. The lowest BCUT2D eigenvalue weighted by molar-refractivity contribution is -0.137. The second-order valence-electron chi connectivity index (χ2n) is 7.14. The van der Waals surface area contributed by atoms with E-state index in [9.17, 15) is 4.79 Å². The highest BCUT2D eigenvalue weighted by molar-refractivity contribution is 7.99. The summed E-state index contributed by atoms with van der Waals surface area (Å²) in [7, 11) is 0. The van der Waals surface area contributed by atoms with E-state index in [0.29, 0.717) is 6.42 Å². The molecule has 2 aliphatic heterocycles. The fourth-order valence-corrected chi connectivity index (χ4v) is 4.98. The number of nitrogens with zero attached hydrogens (tertiary/aromatic N) is 2. The molecule has 1 fully saturated rings. The van der Waals surface area contributed by atoms with Crippen LogP contribution >= 0.6 is 23.4 Å². The lowest BCUT2D eigenvalue weighted by atomic mass is 10.1. The van der Waals surface area contributed by atoms with E-state index < -0.39 is 5.97 Å². The van der Waals surface area contributed by atoms with E-state index in [-0.39, 0.29) is 6.42 Å². The lowest BCUT2D eigenvalue weighted by Gasteiger charge is -2.37. The summed E-state index contributed by atoms with van der Waals surface area (Å²) >= 11 is 8.05. The molecule has 146 valence electrons. The maximum atomic E-state index is 10.7. The molecular weight excluding hydrogens is 392 g/mol. The van der Waals surface area contributed by atoms with E-state index in [1.807, 2.05) is 12.1 Å². The second-order valence-corrected chi connectivity index (χ2v) is 8.66. The van der Waals surface area contributed by atoms with E-state index in [0.717, 1.165) is 43.3 Å². The first-order chi connectivity index (χ1) is 13.6. The Morgan fingerprint density at radius 3 is 2.64 bits per heavy atom. The lowest BCUT2D eigenvalue weighted by Crippen LogP contribution is -2.45. The molecule has 1 saturated heterocycles. The zero-order valence-electron chi connectivity index (χ0n) is 15.6. The third kappa shape index (κ3) is 4.37. The van der Waals surface area contributed by atoms with Crippen molar-refractivity contribution in [2.24, 2.45) is 0 Å². The number of rotatable bonds is 5. The van der Waals surface area contributed by atoms with Gasteiger partial charge in [0.1, 0.15) is 0 Å². The number of carboxylic acids is 1. The third-order valence-electron chi connectivity index (χ3n) is 5.22. The Hall–Kier alpha value is -1.95. The molecule has 2 aromatic carbocycles. The predicted octanol–water partition coefficient (Wildman–Crippen LogP) is 4.79. The molecule has 4 rings (SSSR count). The van der Waals surface area contributed by atoms with E-state index in [4.69, 9.17) is 16.7 Å². The van der Waals surface area contributed by atoms with Crippen molar-refractivity contribution in [1.82, 2.24) is 9.80 Å². The summed E-state index contributed by atoms with van der Waals surface area (Å²) in [5.41, 5.74) is 3.67. The van der Waals surface area contributed by atoms with E-state index in [1.54, 1.807) is 11.8 Å². The van der Waals surface area contributed by atoms with Gasteiger partial charge in [-0.2, -0.15) is 0 Å². The van der Waals surface area contributed by atoms with Gasteiger partial charge < -0.3 is 10.0 Å². The van der Waals surface area contributed by atoms with Gasteiger partial charge in [0, 0.05) is 58.7 Å². The topological polar surface area (TPSA) is 43.8 Å². The Morgan fingerprint density at radius 2 is 1.86 bits per heavy atom. The first-order valence-corrected chi connectivity index (χ1v) is 10.8. The number of piperazine rings is 1. The molecular formula is C22H23ClN2O2S. The Bertz CT molecular complexity index is 907. The van der Waals surface area contributed by atoms with Crippen LogP contribution in [-0.4, -0.2) is 53.6 Å². The van der Waals surface area contributed by atoms with Crippen LogP contribution in [0.4, 0.5) is 0 Å². The minimum Gasteiger partial charge on any atom is -0.481 e. The van der Waals surface area contributed by atoms with Crippen LogP contribution in [0.1, 0.15) is 24.0 Å². The van der Waals surface area contributed by atoms with Crippen molar-refractivity contribution in [2.45, 2.75) is 22.6 Å². The van der Waals surface area contributed by atoms with Crippen LogP contribution in [0.15, 0.2) is 52.3 Å². The molecule has 2 aromatic rings. The van der Waals surface area contributed by atoms with Gasteiger partial charge in [0.2, 0.25) is 0 Å². The monoisotopic (exact) mass is 414 g/mol. The Kier molecular flexibility index (Phi) is 5.95. The molecule has 0 aliphatic carbocycles. The third-order valence-corrected chi connectivity index (χ3v) is 6.63. The highest BCUT2D eigenvalue weighted by Gasteiger charge is 2.23. The van der Waals surface area contributed by atoms with Crippen LogP contribution in [0.2, 0.25) is 5.02 Å². The Labute approximate surface area is 174 Å². The van der Waals surface area contributed by atoms with Gasteiger partial charge in [-0.3, -0.25) is 9.69 Å². The standard InChI is InChI=1S/C22H23ClN2O2S/c23-17-7-8-20-16(14-17)15-19(18-4-1-2-5-21(18)28-20)25-12-10-24(11-13-25)9-3-6-22(26)27/h1-2,4-5,7-8,14-15H,3,6,9-13H2,(H,26,27). The van der Waals surface area contributed by atoms with Crippen LogP contribution in [0.5, 0.6) is 0 Å². The van der Waals surface area contributed by atoms with Crippen molar-refractivity contribution < 1.29 is 9.90 Å². The van der Waals surface area contributed by atoms with Crippen LogP contribution < -0.4 is 0 Å². The maximum Gasteiger partial charge on any atom is 0.303 e. The molecule has 0 saturated carbocycles. The van der Waals surface area contributed by atoms with Gasteiger partial charge in [-0.15, -0.1) is 0 Å². The van der Waals surface area contributed by atoms with Crippen molar-refractivity contribution >= 4 is 41.1 Å². The van der Waals surface area contributed by atoms with Crippen LogP contribution in [0.25, 0.3) is 11.8 Å². The molecule has 4 nitrogen and oxygen atoms in total. The highest BCUT2D eigenvalue weighted by atomic mass is 35.5. The number of benzene rings is 2. The number of hydrogen-bond donors (Lipinski definition) is 1. The number of carbonyl (C=O) groups is 1. The van der Waals surface area contributed by atoms with Crippen LogP contribution in [-0.2, 0) is 4.79 Å². The Morgan fingerprint density at radius 1 is 1.07 bits per heavy atom. The molecule has 0 atom stereocenters. The quantitative estimate of drug-likeness (QED) is 0.762. The van der Waals surface area contributed by atoms with Crippen molar-refractivity contribution in [3.63, 3.8) is 0 Å². The molecule has 1 N–H and O–H groups in total. The van der Waals surface area contributed by atoms with Crippen molar-refractivity contribution in [2.75, 3.05) is 32.7 Å². The van der Waals surface area contributed by atoms with Gasteiger partial charge in [0.25, 0.3) is 0 Å². The second kappa shape index (κ2) is 8.60. The highest BCUT2D eigenvalue weighted by Crippen LogP contribution is 2.42. The minimum atomic E-state index is -0.714. The van der Waals surface area contributed by atoms with Gasteiger partial charge >= 0.3 is 5.97 Å². The zero-order valence-corrected chi connectivity index (χ0v) is 17.2. The number of fused-ring (bicyclic) bond motifs is 2. The molecule has 0 unspecified atom stereocenters. The molecule has 0 spiro atoms. The predicted molar refractivity (Wildman–Crippen MR) is 115 cm³/mol. The first-order valence-electron chi connectivity index (χ1n) is 9.58. The van der Waals surface area contributed by atoms with Gasteiger partial charge in [-0.1, -0.05) is 41.6 Å². The molecule has 0 aromatic heterocycles. The molecule has 28 heavy (non-hydrogen) atoms. The van der Waals surface area contributed by atoms with Gasteiger partial charge in [-0.05, 0) is 48.9 Å². The van der Waals surface area contributed by atoms with E-state index in [1.165, 1.54) is 21.1 Å². The van der Waals surface area contributed by atoms with Crippen molar-refractivity contribution in [3.05, 3.63) is 58.6 Å². The number of aliphatic carboxylic acids is 1. The summed E-state index contributed by atoms with van der Waals surface area (Å²) in [6.07, 6.45) is 3.22. The van der Waals surface area contributed by atoms with E-state index in [2.05, 4.69) is 46.2 Å². The van der Waals surface area contributed by atoms with Gasteiger partial charge in [0.05, 0.1) is 0 Å². The summed E-state index contributed by atoms with van der Waals surface area (Å²) in [4.78, 5) is 18.0. The first kappa shape index (κ1) is 19.4. The van der Waals surface area contributed by atoms with Gasteiger partial charge in [-0.25, -0.2) is 0 Å². The van der Waals surface area contributed by atoms with Crippen molar-refractivity contribution in [1.29, 1.82) is 0 Å². The average Bonchev–Trinajstić information content (AvgIpc) is 2.85. The molecule has 2 heterocycles. The van der Waals surface area contributed by atoms with Crippen molar-refractivity contribution in [3.8, 4) is 0 Å². The summed E-state index contributed by atoms with van der Waals surface area (Å²) < 4.78 is 0. The fraction of sp³-hybridized carbons (Fsp3) is 0.318. The molecule has 6 heteroatoms. The molecule has 2 aliphatic rings. The Balaban J connectivity index is 1.55. The molecule has 0 amide bonds.